The number of aryl methyl sites for hydroxylation is 1. The molecule has 0 aliphatic heterocycles. The van der Waals surface area contributed by atoms with Gasteiger partial charge >= 0.3 is 6.18 Å². The number of thioether (sulfide) groups is 1. The number of benzene rings is 3. The smallest absolute Gasteiger partial charge is 0.416 e. The van der Waals surface area contributed by atoms with Crippen LogP contribution in [0.1, 0.15) is 23.6 Å². The number of hydrogen-bond donors (Lipinski definition) is 0. The fourth-order valence-corrected chi connectivity index (χ4v) is 4.22. The molecule has 0 amide bonds. The minimum absolute atomic E-state index is 0.304. The van der Waals surface area contributed by atoms with E-state index in [1.54, 1.807) is 11.8 Å². The highest BCUT2D eigenvalue weighted by Crippen LogP contribution is 2.34. The van der Waals surface area contributed by atoms with E-state index < -0.39 is 11.7 Å². The van der Waals surface area contributed by atoms with Crippen molar-refractivity contribution in [1.29, 1.82) is 0 Å². The van der Waals surface area contributed by atoms with Crippen LogP contribution in [0.5, 0.6) is 5.75 Å². The molecule has 0 unspecified atom stereocenters. The van der Waals surface area contributed by atoms with E-state index in [-0.39, 0.29) is 0 Å². The molecule has 0 aliphatic carbocycles. The molecule has 1 aromatic heterocycles. The molecule has 3 aromatic carbocycles. The lowest BCUT2D eigenvalue weighted by Gasteiger charge is -2.09. The zero-order chi connectivity index (χ0) is 22.0. The van der Waals surface area contributed by atoms with Gasteiger partial charge in [-0.15, -0.1) is 11.8 Å². The van der Waals surface area contributed by atoms with Crippen molar-refractivity contribution in [3.05, 3.63) is 77.4 Å². The van der Waals surface area contributed by atoms with Gasteiger partial charge in [0, 0.05) is 16.2 Å². The molecular formula is C24H20F3NO2S. The SMILES string of the molecule is CCOc1ccc(SCc2cccc3oc(-c4ccc(C(F)(F)F)cc4)nc23)cc1C. The number of fused-ring (bicyclic) bond motifs is 1. The second kappa shape index (κ2) is 8.67. The molecule has 3 nitrogen and oxygen atoms in total. The zero-order valence-corrected chi connectivity index (χ0v) is 17.8. The Kier molecular flexibility index (Phi) is 5.96. The van der Waals surface area contributed by atoms with Crippen LogP contribution in [0, 0.1) is 6.92 Å². The summed E-state index contributed by atoms with van der Waals surface area (Å²) in [6.45, 7) is 4.60. The Bertz CT molecular complexity index is 1200. The van der Waals surface area contributed by atoms with E-state index in [4.69, 9.17) is 9.15 Å². The van der Waals surface area contributed by atoms with E-state index >= 15 is 0 Å². The Balaban J connectivity index is 1.56. The normalized spacial score (nSPS) is 11.8. The van der Waals surface area contributed by atoms with E-state index in [1.807, 2.05) is 44.2 Å². The van der Waals surface area contributed by atoms with Crippen molar-refractivity contribution in [2.75, 3.05) is 6.61 Å². The molecule has 0 atom stereocenters. The molecule has 0 bridgehead atoms. The van der Waals surface area contributed by atoms with Gasteiger partial charge in [-0.3, -0.25) is 0 Å². The van der Waals surface area contributed by atoms with Crippen molar-refractivity contribution < 1.29 is 22.3 Å². The second-order valence-corrected chi connectivity index (χ2v) is 8.06. The summed E-state index contributed by atoms with van der Waals surface area (Å²) in [4.78, 5) is 5.68. The summed E-state index contributed by atoms with van der Waals surface area (Å²) in [6, 6.07) is 16.6. The summed E-state index contributed by atoms with van der Waals surface area (Å²) in [6.07, 6.45) is -4.37. The van der Waals surface area contributed by atoms with Gasteiger partial charge in [0.1, 0.15) is 11.3 Å². The topological polar surface area (TPSA) is 35.3 Å². The first-order chi connectivity index (χ1) is 14.8. The molecule has 0 N–H and O–H groups in total. The highest BCUT2D eigenvalue weighted by molar-refractivity contribution is 7.98. The molecule has 1 heterocycles. The molecule has 0 radical (unpaired) electrons. The average Bonchev–Trinajstić information content (AvgIpc) is 3.18. The van der Waals surface area contributed by atoms with Gasteiger partial charge in [-0.2, -0.15) is 13.2 Å². The Morgan fingerprint density at radius 2 is 1.81 bits per heavy atom. The molecule has 0 fully saturated rings. The lowest BCUT2D eigenvalue weighted by molar-refractivity contribution is -0.137. The van der Waals surface area contributed by atoms with Crippen LogP contribution in [0.25, 0.3) is 22.6 Å². The monoisotopic (exact) mass is 443 g/mol. The number of oxazole rings is 1. The highest BCUT2D eigenvalue weighted by atomic mass is 32.2. The second-order valence-electron chi connectivity index (χ2n) is 7.01. The molecule has 4 aromatic rings. The number of aromatic nitrogens is 1. The first kappa shape index (κ1) is 21.3. The van der Waals surface area contributed by atoms with Crippen LogP contribution in [-0.2, 0) is 11.9 Å². The third kappa shape index (κ3) is 4.71. The van der Waals surface area contributed by atoms with Crippen LogP contribution in [-0.4, -0.2) is 11.6 Å². The van der Waals surface area contributed by atoms with Gasteiger partial charge in [0.25, 0.3) is 0 Å². The van der Waals surface area contributed by atoms with Crippen LogP contribution in [0.3, 0.4) is 0 Å². The average molecular weight is 443 g/mol. The van der Waals surface area contributed by atoms with Crippen LogP contribution in [0.15, 0.2) is 70.0 Å². The van der Waals surface area contributed by atoms with E-state index in [2.05, 4.69) is 11.1 Å². The van der Waals surface area contributed by atoms with Crippen molar-refractivity contribution in [3.8, 4) is 17.2 Å². The van der Waals surface area contributed by atoms with E-state index in [9.17, 15) is 13.2 Å². The van der Waals surface area contributed by atoms with Crippen molar-refractivity contribution in [2.24, 2.45) is 0 Å². The van der Waals surface area contributed by atoms with Crippen LogP contribution in [0.4, 0.5) is 13.2 Å². The number of halogens is 3. The number of rotatable bonds is 6. The van der Waals surface area contributed by atoms with E-state index in [0.717, 1.165) is 33.9 Å². The maximum Gasteiger partial charge on any atom is 0.416 e. The minimum atomic E-state index is -4.37. The molecule has 0 spiro atoms. The summed E-state index contributed by atoms with van der Waals surface area (Å²) < 4.78 is 49.8. The number of para-hydroxylation sites is 1. The summed E-state index contributed by atoms with van der Waals surface area (Å²) in [5, 5.41) is 0. The standard InChI is InChI=1S/C24H20F3NO2S/c1-3-29-20-12-11-19(13-15(20)2)31-14-17-5-4-6-21-22(17)28-23(30-21)16-7-9-18(10-8-16)24(25,26)27/h4-13H,3,14H2,1-2H3. The predicted octanol–water partition coefficient (Wildman–Crippen LogP) is 7.51. The van der Waals surface area contributed by atoms with E-state index in [0.29, 0.717) is 34.9 Å². The Hall–Kier alpha value is -2.93. The lowest BCUT2D eigenvalue weighted by atomic mass is 10.1. The van der Waals surface area contributed by atoms with Crippen molar-refractivity contribution in [1.82, 2.24) is 4.98 Å². The van der Waals surface area contributed by atoms with Crippen molar-refractivity contribution in [3.63, 3.8) is 0 Å². The summed E-state index contributed by atoms with van der Waals surface area (Å²) in [5.41, 5.74) is 3.20. The first-order valence-corrected chi connectivity index (χ1v) is 10.8. The van der Waals surface area contributed by atoms with Gasteiger partial charge in [0.2, 0.25) is 5.89 Å². The first-order valence-electron chi connectivity index (χ1n) is 9.77. The summed E-state index contributed by atoms with van der Waals surface area (Å²) in [7, 11) is 0. The number of ether oxygens (including phenoxy) is 1. The lowest BCUT2D eigenvalue weighted by Crippen LogP contribution is -2.03. The molecule has 31 heavy (non-hydrogen) atoms. The van der Waals surface area contributed by atoms with Gasteiger partial charge in [0.05, 0.1) is 12.2 Å². The molecule has 160 valence electrons. The van der Waals surface area contributed by atoms with Crippen molar-refractivity contribution in [2.45, 2.75) is 30.7 Å². The van der Waals surface area contributed by atoms with Crippen LogP contribution in [0.2, 0.25) is 0 Å². The predicted molar refractivity (Wildman–Crippen MR) is 116 cm³/mol. The van der Waals surface area contributed by atoms with Crippen molar-refractivity contribution >= 4 is 22.9 Å². The van der Waals surface area contributed by atoms with Gasteiger partial charge < -0.3 is 9.15 Å². The van der Waals surface area contributed by atoms with Gasteiger partial charge in [-0.25, -0.2) is 4.98 Å². The number of alkyl halides is 3. The summed E-state index contributed by atoms with van der Waals surface area (Å²) >= 11 is 1.68. The molecule has 4 rings (SSSR count). The maximum atomic E-state index is 12.8. The molecule has 0 saturated carbocycles. The third-order valence-corrected chi connectivity index (χ3v) is 5.84. The quantitative estimate of drug-likeness (QED) is 0.289. The van der Waals surface area contributed by atoms with Gasteiger partial charge in [-0.1, -0.05) is 12.1 Å². The maximum absolute atomic E-state index is 12.8. The Morgan fingerprint density at radius 1 is 1.03 bits per heavy atom. The Morgan fingerprint density at radius 3 is 2.48 bits per heavy atom. The van der Waals surface area contributed by atoms with Gasteiger partial charge in [0.15, 0.2) is 5.58 Å². The fourth-order valence-electron chi connectivity index (χ4n) is 3.24. The number of nitrogens with zero attached hydrogens (tertiary/aromatic N) is 1. The highest BCUT2D eigenvalue weighted by Gasteiger charge is 2.30. The molecule has 7 heteroatoms. The fraction of sp³-hybridized carbons (Fsp3) is 0.208. The van der Waals surface area contributed by atoms with Crippen LogP contribution >= 0.6 is 11.8 Å². The molecule has 0 saturated heterocycles. The summed E-state index contributed by atoms with van der Waals surface area (Å²) in [5.74, 6) is 1.87. The van der Waals surface area contributed by atoms with E-state index in [1.165, 1.54) is 12.1 Å². The largest absolute Gasteiger partial charge is 0.494 e. The molecular weight excluding hydrogens is 423 g/mol. The van der Waals surface area contributed by atoms with Crippen LogP contribution < -0.4 is 4.74 Å². The molecule has 0 aliphatic rings. The number of hydrogen-bond acceptors (Lipinski definition) is 4. The Labute approximate surface area is 182 Å². The van der Waals surface area contributed by atoms with Gasteiger partial charge in [-0.05, 0) is 73.5 Å². The third-order valence-electron chi connectivity index (χ3n) is 4.80. The zero-order valence-electron chi connectivity index (χ0n) is 17.0. The minimum Gasteiger partial charge on any atom is -0.494 e.